The van der Waals surface area contributed by atoms with Crippen molar-refractivity contribution in [2.45, 2.75) is 6.42 Å². The first kappa shape index (κ1) is 19.2. The Bertz CT molecular complexity index is 942. The molecule has 5 nitrogen and oxygen atoms in total. The Labute approximate surface area is 170 Å². The molecule has 1 saturated heterocycles. The fourth-order valence-corrected chi connectivity index (χ4v) is 3.61. The van der Waals surface area contributed by atoms with Crippen molar-refractivity contribution >= 4 is 11.7 Å². The average molecular weight is 388 g/mol. The largest absolute Gasteiger partial charge is 0.461 e. The summed E-state index contributed by atoms with van der Waals surface area (Å²) in [7, 11) is 0. The zero-order chi connectivity index (χ0) is 20.1. The summed E-state index contributed by atoms with van der Waals surface area (Å²) in [6.07, 6.45) is 1.91. The second kappa shape index (κ2) is 8.88. The highest BCUT2D eigenvalue weighted by molar-refractivity contribution is 5.95. The van der Waals surface area contributed by atoms with E-state index >= 15 is 0 Å². The molecule has 2 heterocycles. The number of ketones is 1. The van der Waals surface area contributed by atoms with Crippen LogP contribution >= 0.6 is 0 Å². The lowest BCUT2D eigenvalue weighted by atomic mass is 10.0. The summed E-state index contributed by atoms with van der Waals surface area (Å²) in [6.45, 7) is 3.02. The molecule has 1 aliphatic heterocycles. The van der Waals surface area contributed by atoms with Crippen LogP contribution in [-0.2, 0) is 11.2 Å². The van der Waals surface area contributed by atoms with E-state index in [9.17, 15) is 9.59 Å². The molecule has 0 aliphatic carbocycles. The van der Waals surface area contributed by atoms with Gasteiger partial charge in [-0.15, -0.1) is 0 Å². The Hall–Kier alpha value is -3.18. The maximum absolute atomic E-state index is 12.7. The average Bonchev–Trinajstić information content (AvgIpc) is 3.31. The van der Waals surface area contributed by atoms with Gasteiger partial charge in [0.15, 0.2) is 5.76 Å². The summed E-state index contributed by atoms with van der Waals surface area (Å²) in [5.41, 5.74) is 3.34. The summed E-state index contributed by atoms with van der Waals surface area (Å²) in [6, 6.07) is 21.8. The number of carbonyl (C=O) groups excluding carboxylic acids is 2. The highest BCUT2D eigenvalue weighted by atomic mass is 16.3. The molecule has 0 spiro atoms. The van der Waals surface area contributed by atoms with E-state index < -0.39 is 0 Å². The Morgan fingerprint density at radius 2 is 1.48 bits per heavy atom. The van der Waals surface area contributed by atoms with Gasteiger partial charge in [-0.05, 0) is 28.8 Å². The third-order valence-corrected chi connectivity index (χ3v) is 5.30. The number of nitrogens with zero attached hydrogens (tertiary/aromatic N) is 2. The molecule has 29 heavy (non-hydrogen) atoms. The van der Waals surface area contributed by atoms with Gasteiger partial charge in [-0.1, -0.05) is 54.6 Å². The van der Waals surface area contributed by atoms with Gasteiger partial charge in [-0.25, -0.2) is 0 Å². The van der Waals surface area contributed by atoms with Gasteiger partial charge in [0.1, 0.15) is 0 Å². The van der Waals surface area contributed by atoms with Crippen LogP contribution in [0.5, 0.6) is 0 Å². The van der Waals surface area contributed by atoms with Crippen molar-refractivity contribution in [3.8, 4) is 11.1 Å². The SMILES string of the molecule is O=C(CN1CCN(C(=O)Cc2ccc(-c3ccccc3)cc2)CC1)c1ccco1. The van der Waals surface area contributed by atoms with E-state index in [2.05, 4.69) is 29.2 Å². The van der Waals surface area contributed by atoms with Crippen molar-refractivity contribution in [2.24, 2.45) is 0 Å². The van der Waals surface area contributed by atoms with Crippen LogP contribution in [0.15, 0.2) is 77.4 Å². The van der Waals surface area contributed by atoms with Crippen LogP contribution < -0.4 is 0 Å². The quantitative estimate of drug-likeness (QED) is 0.607. The molecule has 5 heteroatoms. The second-order valence-corrected chi connectivity index (χ2v) is 7.30. The maximum atomic E-state index is 12.7. The van der Waals surface area contributed by atoms with E-state index in [1.165, 1.54) is 11.8 Å². The van der Waals surface area contributed by atoms with E-state index in [0.717, 1.165) is 11.1 Å². The predicted octanol–water partition coefficient (Wildman–Crippen LogP) is 3.52. The molecule has 0 atom stereocenters. The molecule has 1 aliphatic rings. The molecule has 1 amide bonds. The van der Waals surface area contributed by atoms with Crippen LogP contribution in [0.3, 0.4) is 0 Å². The van der Waals surface area contributed by atoms with Crippen molar-refractivity contribution in [1.82, 2.24) is 9.80 Å². The van der Waals surface area contributed by atoms with Gasteiger partial charge in [-0.3, -0.25) is 14.5 Å². The van der Waals surface area contributed by atoms with E-state index in [1.54, 1.807) is 12.1 Å². The molecule has 0 bridgehead atoms. The molecular weight excluding hydrogens is 364 g/mol. The van der Waals surface area contributed by atoms with Crippen LogP contribution in [0.2, 0.25) is 0 Å². The van der Waals surface area contributed by atoms with Gasteiger partial charge in [0.2, 0.25) is 11.7 Å². The topological polar surface area (TPSA) is 53.8 Å². The summed E-state index contributed by atoms with van der Waals surface area (Å²) in [5.74, 6) is 0.505. The van der Waals surface area contributed by atoms with Crippen LogP contribution in [0.1, 0.15) is 16.1 Å². The number of carbonyl (C=O) groups is 2. The zero-order valence-corrected chi connectivity index (χ0v) is 16.3. The molecule has 2 aromatic carbocycles. The Balaban J connectivity index is 1.27. The molecule has 3 aromatic rings. The normalized spacial score (nSPS) is 14.7. The minimum absolute atomic E-state index is 0.0201. The highest BCUT2D eigenvalue weighted by Gasteiger charge is 2.23. The molecule has 4 rings (SSSR count). The lowest BCUT2D eigenvalue weighted by Gasteiger charge is -2.34. The number of Topliss-reactive ketones (excluding diaryl/α,β-unsaturated/α-hetero) is 1. The van der Waals surface area contributed by atoms with Crippen molar-refractivity contribution in [2.75, 3.05) is 32.7 Å². The molecule has 0 N–H and O–H groups in total. The Kier molecular flexibility index (Phi) is 5.86. The number of amides is 1. The van der Waals surface area contributed by atoms with E-state index in [4.69, 9.17) is 4.42 Å². The summed E-state index contributed by atoms with van der Waals surface area (Å²) >= 11 is 0. The van der Waals surface area contributed by atoms with E-state index in [0.29, 0.717) is 44.9 Å². The Morgan fingerprint density at radius 1 is 0.793 bits per heavy atom. The maximum Gasteiger partial charge on any atom is 0.227 e. The van der Waals surface area contributed by atoms with E-state index in [1.807, 2.05) is 35.2 Å². The van der Waals surface area contributed by atoms with Crippen LogP contribution in [0.4, 0.5) is 0 Å². The molecular formula is C24H24N2O3. The van der Waals surface area contributed by atoms with E-state index in [-0.39, 0.29) is 11.7 Å². The third kappa shape index (κ3) is 4.81. The van der Waals surface area contributed by atoms with Crippen molar-refractivity contribution in [3.63, 3.8) is 0 Å². The van der Waals surface area contributed by atoms with Gasteiger partial charge in [0, 0.05) is 26.2 Å². The fourth-order valence-electron chi connectivity index (χ4n) is 3.61. The predicted molar refractivity (Wildman–Crippen MR) is 112 cm³/mol. The van der Waals surface area contributed by atoms with Crippen molar-refractivity contribution < 1.29 is 14.0 Å². The molecule has 0 saturated carbocycles. The number of benzene rings is 2. The first-order valence-electron chi connectivity index (χ1n) is 9.90. The monoisotopic (exact) mass is 388 g/mol. The van der Waals surface area contributed by atoms with Gasteiger partial charge in [0.05, 0.1) is 19.2 Å². The number of hydrogen-bond donors (Lipinski definition) is 0. The van der Waals surface area contributed by atoms with Crippen molar-refractivity contribution in [3.05, 3.63) is 84.3 Å². The molecule has 0 radical (unpaired) electrons. The minimum atomic E-state index is -0.0201. The minimum Gasteiger partial charge on any atom is -0.461 e. The van der Waals surface area contributed by atoms with Crippen LogP contribution in [0.25, 0.3) is 11.1 Å². The lowest BCUT2D eigenvalue weighted by molar-refractivity contribution is -0.132. The third-order valence-electron chi connectivity index (χ3n) is 5.30. The van der Waals surface area contributed by atoms with Gasteiger partial charge in [-0.2, -0.15) is 0 Å². The number of hydrogen-bond acceptors (Lipinski definition) is 4. The van der Waals surface area contributed by atoms with Crippen LogP contribution in [-0.4, -0.2) is 54.2 Å². The Morgan fingerprint density at radius 3 is 2.14 bits per heavy atom. The highest BCUT2D eigenvalue weighted by Crippen LogP contribution is 2.19. The van der Waals surface area contributed by atoms with Crippen LogP contribution in [0, 0.1) is 0 Å². The first-order valence-corrected chi connectivity index (χ1v) is 9.90. The number of piperazine rings is 1. The fraction of sp³-hybridized carbons (Fsp3) is 0.250. The summed E-state index contributed by atoms with van der Waals surface area (Å²) in [4.78, 5) is 28.8. The first-order chi connectivity index (χ1) is 14.2. The molecule has 1 aromatic heterocycles. The standard InChI is InChI=1S/C24H24N2O3/c27-22(23-7-4-16-29-23)18-25-12-14-26(15-13-25)24(28)17-19-8-10-21(11-9-19)20-5-2-1-3-6-20/h1-11,16H,12-15,17-18H2. The summed E-state index contributed by atoms with van der Waals surface area (Å²) in [5, 5.41) is 0. The second-order valence-electron chi connectivity index (χ2n) is 7.30. The number of furan rings is 1. The molecule has 1 fully saturated rings. The van der Waals surface area contributed by atoms with Gasteiger partial charge < -0.3 is 9.32 Å². The molecule has 148 valence electrons. The van der Waals surface area contributed by atoms with Gasteiger partial charge >= 0.3 is 0 Å². The van der Waals surface area contributed by atoms with Crippen molar-refractivity contribution in [1.29, 1.82) is 0 Å². The smallest absolute Gasteiger partial charge is 0.227 e. The lowest BCUT2D eigenvalue weighted by Crippen LogP contribution is -2.50. The number of rotatable bonds is 6. The van der Waals surface area contributed by atoms with Gasteiger partial charge in [0.25, 0.3) is 0 Å². The summed E-state index contributed by atoms with van der Waals surface area (Å²) < 4.78 is 5.16. The zero-order valence-electron chi connectivity index (χ0n) is 16.3. The molecule has 0 unspecified atom stereocenters.